The predicted molar refractivity (Wildman–Crippen MR) is 30.8 cm³/mol. The lowest BCUT2D eigenvalue weighted by Crippen LogP contribution is -1.70. The van der Waals surface area contributed by atoms with Crippen LogP contribution >= 0.6 is 0 Å². The van der Waals surface area contributed by atoms with Gasteiger partial charge in [0.25, 0.3) is 0 Å². The molecule has 0 aliphatic heterocycles. The molecule has 0 unspecified atom stereocenters. The third kappa shape index (κ3) is 109000. The summed E-state index contributed by atoms with van der Waals surface area (Å²) < 4.78 is 9.56. The predicted octanol–water partition coefficient (Wildman–Crippen LogP) is -2.48. The van der Waals surface area contributed by atoms with Gasteiger partial charge in [-0.3, -0.25) is 4.21 Å². The Morgan fingerprint density at radius 3 is 1.00 bits per heavy atom. The largest absolute Gasteiger partial charge is 0.412 e. The van der Waals surface area contributed by atoms with Crippen LogP contribution in [0.5, 0.6) is 0 Å². The molecule has 0 saturated carbocycles. The van der Waals surface area contributed by atoms with Gasteiger partial charge >= 0.3 is 0 Å². The molecule has 5 heteroatoms. The molecule has 0 aromatic heterocycles. The molecular formula is C2H12O4S. The van der Waals surface area contributed by atoms with E-state index in [1.807, 2.05) is 0 Å². The van der Waals surface area contributed by atoms with E-state index in [2.05, 4.69) is 0 Å². The second-order valence-electron chi connectivity index (χ2n) is 0.742. The third-order valence-electron chi connectivity index (χ3n) is 0. The third-order valence-corrected chi connectivity index (χ3v) is 0. The van der Waals surface area contributed by atoms with Crippen LogP contribution in [0.4, 0.5) is 0 Å². The first kappa shape index (κ1) is 27.8. The molecule has 50 valence electrons. The van der Waals surface area contributed by atoms with Crippen LogP contribution in [-0.2, 0) is 10.8 Å². The molecule has 0 aromatic rings. The maximum Gasteiger partial charge on any atom is 0.0148 e. The molecule has 0 atom stereocenters. The number of hydrogen-bond donors (Lipinski definition) is 0. The van der Waals surface area contributed by atoms with E-state index in [4.69, 9.17) is 0 Å². The van der Waals surface area contributed by atoms with Gasteiger partial charge in [0.15, 0.2) is 0 Å². The van der Waals surface area contributed by atoms with Gasteiger partial charge in [-0.15, -0.1) is 0 Å². The van der Waals surface area contributed by atoms with Gasteiger partial charge in [0.1, 0.15) is 0 Å². The molecule has 0 saturated heterocycles. The molecule has 0 bridgehead atoms. The molecule has 0 fully saturated rings. The van der Waals surface area contributed by atoms with Crippen molar-refractivity contribution in [2.45, 2.75) is 0 Å². The minimum absolute atomic E-state index is 0. The van der Waals surface area contributed by atoms with Crippen molar-refractivity contribution >= 4 is 10.8 Å². The summed E-state index contributed by atoms with van der Waals surface area (Å²) in [6.07, 6.45) is 3.28. The van der Waals surface area contributed by atoms with Crippen LogP contribution in [0.25, 0.3) is 0 Å². The molecule has 4 nitrogen and oxygen atoms in total. The second-order valence-corrected chi connectivity index (χ2v) is 2.22. The van der Waals surface area contributed by atoms with Crippen molar-refractivity contribution in [2.24, 2.45) is 0 Å². The van der Waals surface area contributed by atoms with Gasteiger partial charge in [-0.2, -0.15) is 0 Å². The SMILES string of the molecule is CS(C)=O.O.O.O. The maximum atomic E-state index is 9.56. The zero-order chi connectivity index (χ0) is 3.58. The Morgan fingerprint density at radius 2 is 1.00 bits per heavy atom. The molecule has 0 heterocycles. The average molecular weight is 132 g/mol. The minimum atomic E-state index is -0.611. The van der Waals surface area contributed by atoms with Crippen LogP contribution in [0.15, 0.2) is 0 Å². The van der Waals surface area contributed by atoms with Crippen molar-refractivity contribution in [1.29, 1.82) is 0 Å². The summed E-state index contributed by atoms with van der Waals surface area (Å²) in [5.74, 6) is 0. The molecule has 0 aliphatic carbocycles. The fourth-order valence-corrected chi connectivity index (χ4v) is 0. The highest BCUT2D eigenvalue weighted by atomic mass is 32.2. The average Bonchev–Trinajstić information content (AvgIpc) is 0.811. The van der Waals surface area contributed by atoms with E-state index < -0.39 is 10.8 Å². The van der Waals surface area contributed by atoms with E-state index in [9.17, 15) is 4.21 Å². The zero-order valence-electron chi connectivity index (χ0n) is 4.32. The van der Waals surface area contributed by atoms with E-state index in [1.165, 1.54) is 0 Å². The monoisotopic (exact) mass is 132 g/mol. The summed E-state index contributed by atoms with van der Waals surface area (Å²) in [6, 6.07) is 0. The first-order chi connectivity index (χ1) is 1.73. The summed E-state index contributed by atoms with van der Waals surface area (Å²) >= 11 is 0. The molecular weight excluding hydrogens is 120 g/mol. The van der Waals surface area contributed by atoms with Crippen LogP contribution in [0.2, 0.25) is 0 Å². The van der Waals surface area contributed by atoms with Gasteiger partial charge in [0.2, 0.25) is 0 Å². The van der Waals surface area contributed by atoms with Crippen LogP contribution < -0.4 is 0 Å². The van der Waals surface area contributed by atoms with Crippen LogP contribution in [0, 0.1) is 0 Å². The lowest BCUT2D eigenvalue weighted by molar-refractivity contribution is 0.690. The Bertz CT molecular complexity index is 32.7. The van der Waals surface area contributed by atoms with Gasteiger partial charge < -0.3 is 16.4 Å². The van der Waals surface area contributed by atoms with Crippen molar-refractivity contribution in [2.75, 3.05) is 12.5 Å². The Kier molecular flexibility index (Phi) is 66.1. The summed E-state index contributed by atoms with van der Waals surface area (Å²) in [7, 11) is -0.611. The van der Waals surface area contributed by atoms with E-state index in [-0.39, 0.29) is 16.4 Å². The lowest BCUT2D eigenvalue weighted by atomic mass is 11.9. The first-order valence-electron chi connectivity index (χ1n) is 0.983. The van der Waals surface area contributed by atoms with Gasteiger partial charge in [-0.05, 0) is 0 Å². The lowest BCUT2D eigenvalue weighted by Gasteiger charge is -1.60. The minimum Gasteiger partial charge on any atom is -0.412 e. The molecule has 0 radical (unpaired) electrons. The van der Waals surface area contributed by atoms with Crippen molar-refractivity contribution in [3.05, 3.63) is 0 Å². The van der Waals surface area contributed by atoms with E-state index >= 15 is 0 Å². The van der Waals surface area contributed by atoms with E-state index in [0.29, 0.717) is 0 Å². The number of hydrogen-bond acceptors (Lipinski definition) is 1. The topological polar surface area (TPSA) is 112 Å². The molecule has 0 aliphatic rings. The second kappa shape index (κ2) is 16.6. The highest BCUT2D eigenvalue weighted by molar-refractivity contribution is 7.83. The van der Waals surface area contributed by atoms with Crippen LogP contribution in [0.1, 0.15) is 0 Å². The Hall–Kier alpha value is 0.0300. The van der Waals surface area contributed by atoms with Crippen molar-refractivity contribution in [3.63, 3.8) is 0 Å². The fraction of sp³-hybridized carbons (Fsp3) is 1.00. The van der Waals surface area contributed by atoms with Gasteiger partial charge in [0.05, 0.1) is 0 Å². The van der Waals surface area contributed by atoms with Gasteiger partial charge in [-0.25, -0.2) is 0 Å². The summed E-state index contributed by atoms with van der Waals surface area (Å²) in [4.78, 5) is 0. The van der Waals surface area contributed by atoms with Crippen molar-refractivity contribution in [3.8, 4) is 0 Å². The molecule has 0 rings (SSSR count). The Labute approximate surface area is 44.9 Å². The Balaban J connectivity index is -0.0000000150. The maximum absolute atomic E-state index is 9.56. The molecule has 6 N–H and O–H groups in total. The molecule has 0 amide bonds. The molecule has 7 heavy (non-hydrogen) atoms. The van der Waals surface area contributed by atoms with Crippen LogP contribution in [0.3, 0.4) is 0 Å². The molecule has 0 aromatic carbocycles. The highest BCUT2D eigenvalue weighted by Gasteiger charge is 1.57. The Morgan fingerprint density at radius 1 is 1.00 bits per heavy atom. The van der Waals surface area contributed by atoms with Crippen molar-refractivity contribution < 1.29 is 20.6 Å². The van der Waals surface area contributed by atoms with E-state index in [0.717, 1.165) is 0 Å². The van der Waals surface area contributed by atoms with Crippen molar-refractivity contribution in [1.82, 2.24) is 0 Å². The van der Waals surface area contributed by atoms with Gasteiger partial charge in [0, 0.05) is 23.3 Å². The summed E-state index contributed by atoms with van der Waals surface area (Å²) in [5.41, 5.74) is 0. The standard InChI is InChI=1S/C2H6OS.3H2O/c1-4(2)3;;;/h1-2H3;3*1H2. The molecule has 0 spiro atoms. The zero-order valence-corrected chi connectivity index (χ0v) is 5.13. The smallest absolute Gasteiger partial charge is 0.0148 e. The first-order valence-corrected chi connectivity index (χ1v) is 2.95. The summed E-state index contributed by atoms with van der Waals surface area (Å²) in [5, 5.41) is 0. The fourth-order valence-electron chi connectivity index (χ4n) is 0. The quantitative estimate of drug-likeness (QED) is 0.357. The van der Waals surface area contributed by atoms with Gasteiger partial charge in [-0.1, -0.05) is 0 Å². The van der Waals surface area contributed by atoms with Crippen LogP contribution in [-0.4, -0.2) is 33.1 Å². The summed E-state index contributed by atoms with van der Waals surface area (Å²) in [6.45, 7) is 0. The van der Waals surface area contributed by atoms with E-state index in [1.54, 1.807) is 12.5 Å². The normalized spacial score (nSPS) is 5.00. The number of rotatable bonds is 0. The highest BCUT2D eigenvalue weighted by Crippen LogP contribution is 1.47.